The summed E-state index contributed by atoms with van der Waals surface area (Å²) in [5, 5.41) is 12.9. The standard InChI is InChI=1S/C12H12N2O3S/c15-11(9-4-2-1-3-5-9)12-13-10(6-7-18-12)8-14(16)17/h1-5,8,12-13H,6-7H2. The second-order valence-corrected chi connectivity index (χ2v) is 5.03. The van der Waals surface area contributed by atoms with E-state index in [0.29, 0.717) is 23.4 Å². The Balaban J connectivity index is 2.10. The van der Waals surface area contributed by atoms with Gasteiger partial charge in [0.05, 0.1) is 10.6 Å². The van der Waals surface area contributed by atoms with Crippen LogP contribution >= 0.6 is 11.8 Å². The molecule has 18 heavy (non-hydrogen) atoms. The second-order valence-electron chi connectivity index (χ2n) is 3.82. The zero-order valence-electron chi connectivity index (χ0n) is 9.54. The first-order valence-electron chi connectivity index (χ1n) is 5.48. The van der Waals surface area contributed by atoms with Crippen LogP contribution in [0.25, 0.3) is 0 Å². The van der Waals surface area contributed by atoms with E-state index in [-0.39, 0.29) is 5.78 Å². The Hall–Kier alpha value is -1.82. The Bertz CT molecular complexity index is 487. The molecule has 0 aromatic heterocycles. The fourth-order valence-corrected chi connectivity index (χ4v) is 2.79. The lowest BCUT2D eigenvalue weighted by molar-refractivity contribution is -0.403. The van der Waals surface area contributed by atoms with E-state index in [1.165, 1.54) is 11.8 Å². The van der Waals surface area contributed by atoms with Gasteiger partial charge in [0.25, 0.3) is 6.20 Å². The molecule has 1 atom stereocenters. The molecule has 0 radical (unpaired) electrons. The number of ketones is 1. The smallest absolute Gasteiger partial charge is 0.253 e. The molecule has 0 aliphatic carbocycles. The number of nitrogens with zero attached hydrogens (tertiary/aromatic N) is 1. The average Bonchev–Trinajstić information content (AvgIpc) is 2.38. The van der Waals surface area contributed by atoms with E-state index >= 15 is 0 Å². The number of carbonyl (C=O) groups excluding carboxylic acids is 1. The van der Waals surface area contributed by atoms with Crippen LogP contribution in [0.3, 0.4) is 0 Å². The molecule has 0 bridgehead atoms. The van der Waals surface area contributed by atoms with Crippen LogP contribution < -0.4 is 5.32 Å². The summed E-state index contributed by atoms with van der Waals surface area (Å²) in [6, 6.07) is 8.94. The molecule has 5 nitrogen and oxygen atoms in total. The third-order valence-corrected chi connectivity index (χ3v) is 3.64. The van der Waals surface area contributed by atoms with Gasteiger partial charge in [-0.2, -0.15) is 0 Å². The zero-order chi connectivity index (χ0) is 13.0. The molecule has 1 unspecified atom stereocenters. The van der Waals surface area contributed by atoms with Crippen LogP contribution in [0.1, 0.15) is 16.8 Å². The summed E-state index contributed by atoms with van der Waals surface area (Å²) in [6.07, 6.45) is 1.52. The Morgan fingerprint density at radius 2 is 2.17 bits per heavy atom. The van der Waals surface area contributed by atoms with Gasteiger partial charge in [-0.05, 0) is 0 Å². The van der Waals surface area contributed by atoms with Crippen molar-refractivity contribution < 1.29 is 9.72 Å². The highest BCUT2D eigenvalue weighted by atomic mass is 32.2. The summed E-state index contributed by atoms with van der Waals surface area (Å²) in [6.45, 7) is 0. The minimum absolute atomic E-state index is 0.0467. The summed E-state index contributed by atoms with van der Waals surface area (Å²) in [4.78, 5) is 22.1. The highest BCUT2D eigenvalue weighted by molar-refractivity contribution is 8.00. The molecule has 1 aliphatic rings. The molecule has 1 heterocycles. The first-order chi connectivity index (χ1) is 8.66. The molecule has 6 heteroatoms. The average molecular weight is 264 g/mol. The Morgan fingerprint density at radius 3 is 2.83 bits per heavy atom. The molecular formula is C12H12N2O3S. The van der Waals surface area contributed by atoms with Crippen molar-refractivity contribution in [3.8, 4) is 0 Å². The monoisotopic (exact) mass is 264 g/mol. The molecule has 1 saturated heterocycles. The van der Waals surface area contributed by atoms with Crippen molar-refractivity contribution in [2.75, 3.05) is 5.75 Å². The van der Waals surface area contributed by atoms with E-state index in [2.05, 4.69) is 5.32 Å². The highest BCUT2D eigenvalue weighted by Crippen LogP contribution is 2.23. The maximum absolute atomic E-state index is 12.2. The second kappa shape index (κ2) is 5.68. The summed E-state index contributed by atoms with van der Waals surface area (Å²) in [5.41, 5.74) is 1.12. The van der Waals surface area contributed by atoms with Crippen molar-refractivity contribution in [3.05, 3.63) is 57.9 Å². The van der Waals surface area contributed by atoms with Crippen LogP contribution in [0.5, 0.6) is 0 Å². The van der Waals surface area contributed by atoms with Crippen LogP contribution in [0.4, 0.5) is 0 Å². The lowest BCUT2D eigenvalue weighted by Crippen LogP contribution is -2.37. The Morgan fingerprint density at radius 1 is 1.44 bits per heavy atom. The number of allylic oxidation sites excluding steroid dienone is 1. The Kier molecular flexibility index (Phi) is 3.99. The fraction of sp³-hybridized carbons (Fsp3) is 0.250. The normalized spacial score (nSPS) is 21.3. The third kappa shape index (κ3) is 3.10. The maximum Gasteiger partial charge on any atom is 0.253 e. The van der Waals surface area contributed by atoms with Crippen LogP contribution in [-0.2, 0) is 0 Å². The molecule has 0 saturated carbocycles. The van der Waals surface area contributed by atoms with Gasteiger partial charge in [-0.3, -0.25) is 14.9 Å². The lowest BCUT2D eigenvalue weighted by Gasteiger charge is -2.23. The van der Waals surface area contributed by atoms with Gasteiger partial charge in [0.2, 0.25) is 0 Å². The minimum atomic E-state index is -0.498. The number of hydrogen-bond donors (Lipinski definition) is 1. The number of Topliss-reactive ketones (excluding diaryl/α,β-unsaturated/α-hetero) is 1. The molecule has 1 aromatic carbocycles. The van der Waals surface area contributed by atoms with Crippen molar-refractivity contribution >= 4 is 17.5 Å². The van der Waals surface area contributed by atoms with Gasteiger partial charge in [-0.25, -0.2) is 0 Å². The van der Waals surface area contributed by atoms with Gasteiger partial charge >= 0.3 is 0 Å². The number of hydrogen-bond acceptors (Lipinski definition) is 5. The highest BCUT2D eigenvalue weighted by Gasteiger charge is 2.25. The summed E-state index contributed by atoms with van der Waals surface area (Å²) in [5.74, 6) is 0.658. The lowest BCUT2D eigenvalue weighted by atomic mass is 10.1. The maximum atomic E-state index is 12.2. The fourth-order valence-electron chi connectivity index (χ4n) is 1.69. The number of rotatable bonds is 3. The summed E-state index contributed by atoms with van der Waals surface area (Å²) < 4.78 is 0. The molecule has 1 aromatic rings. The molecule has 94 valence electrons. The quantitative estimate of drug-likeness (QED) is 0.514. The molecule has 1 aliphatic heterocycles. The van der Waals surface area contributed by atoms with Crippen LogP contribution in [0.15, 0.2) is 42.2 Å². The van der Waals surface area contributed by atoms with E-state index in [9.17, 15) is 14.9 Å². The summed E-state index contributed by atoms with van der Waals surface area (Å²) >= 11 is 1.47. The topological polar surface area (TPSA) is 72.2 Å². The van der Waals surface area contributed by atoms with E-state index < -0.39 is 10.3 Å². The zero-order valence-corrected chi connectivity index (χ0v) is 10.4. The Labute approximate surface area is 108 Å². The molecular weight excluding hydrogens is 252 g/mol. The van der Waals surface area contributed by atoms with Gasteiger partial charge in [0.1, 0.15) is 5.37 Å². The number of benzene rings is 1. The van der Waals surface area contributed by atoms with Crippen molar-refractivity contribution in [1.82, 2.24) is 5.32 Å². The minimum Gasteiger partial charge on any atom is -0.365 e. The van der Waals surface area contributed by atoms with E-state index in [0.717, 1.165) is 6.20 Å². The van der Waals surface area contributed by atoms with E-state index in [1.54, 1.807) is 24.3 Å². The predicted octanol–water partition coefficient (Wildman–Crippen LogP) is 2.04. The van der Waals surface area contributed by atoms with Gasteiger partial charge in [0.15, 0.2) is 5.78 Å². The van der Waals surface area contributed by atoms with Crippen molar-refractivity contribution in [1.29, 1.82) is 0 Å². The number of nitro groups is 1. The van der Waals surface area contributed by atoms with Crippen LogP contribution in [-0.4, -0.2) is 21.8 Å². The van der Waals surface area contributed by atoms with Crippen molar-refractivity contribution in [2.45, 2.75) is 11.8 Å². The van der Waals surface area contributed by atoms with Gasteiger partial charge in [-0.15, -0.1) is 11.8 Å². The number of nitrogens with one attached hydrogen (secondary N) is 1. The van der Waals surface area contributed by atoms with Gasteiger partial charge in [0, 0.05) is 17.7 Å². The summed E-state index contributed by atoms with van der Waals surface area (Å²) in [7, 11) is 0. The van der Waals surface area contributed by atoms with Gasteiger partial charge in [-0.1, -0.05) is 30.3 Å². The molecule has 0 amide bonds. The largest absolute Gasteiger partial charge is 0.365 e. The predicted molar refractivity (Wildman–Crippen MR) is 69.8 cm³/mol. The third-order valence-electron chi connectivity index (χ3n) is 2.53. The first kappa shape index (κ1) is 12.6. The molecule has 1 fully saturated rings. The molecule has 2 rings (SSSR count). The van der Waals surface area contributed by atoms with Crippen molar-refractivity contribution in [2.24, 2.45) is 0 Å². The van der Waals surface area contributed by atoms with Gasteiger partial charge < -0.3 is 5.32 Å². The number of thioether (sulfide) groups is 1. The SMILES string of the molecule is O=C(c1ccccc1)C1NC(=C[N+](=O)[O-])CCS1. The van der Waals surface area contributed by atoms with E-state index in [1.807, 2.05) is 6.07 Å². The molecule has 0 spiro atoms. The number of carbonyl (C=O) groups is 1. The first-order valence-corrected chi connectivity index (χ1v) is 6.53. The molecule has 1 N–H and O–H groups in total. The van der Waals surface area contributed by atoms with Crippen LogP contribution in [0, 0.1) is 10.1 Å². The van der Waals surface area contributed by atoms with Crippen LogP contribution in [0.2, 0.25) is 0 Å². The van der Waals surface area contributed by atoms with E-state index in [4.69, 9.17) is 0 Å². The van der Waals surface area contributed by atoms with Crippen molar-refractivity contribution in [3.63, 3.8) is 0 Å².